The molecule has 0 saturated carbocycles. The molecule has 1 atom stereocenters. The van der Waals surface area contributed by atoms with Crippen molar-refractivity contribution >= 4 is 15.9 Å². The Hall–Kier alpha value is -1.44. The molecule has 1 aromatic rings. The van der Waals surface area contributed by atoms with E-state index in [9.17, 15) is 13.2 Å². The van der Waals surface area contributed by atoms with E-state index in [-0.39, 0.29) is 29.8 Å². The summed E-state index contributed by atoms with van der Waals surface area (Å²) in [7, 11) is -3.53. The van der Waals surface area contributed by atoms with Gasteiger partial charge in [0.25, 0.3) is 0 Å². The Balaban J connectivity index is 1.85. The van der Waals surface area contributed by atoms with Crippen molar-refractivity contribution in [3.63, 3.8) is 0 Å². The van der Waals surface area contributed by atoms with Crippen LogP contribution in [0.4, 0.5) is 0 Å². The topological polar surface area (TPSA) is 78.5 Å². The smallest absolute Gasteiger partial charge is 0.240 e. The van der Waals surface area contributed by atoms with Gasteiger partial charge in [-0.1, -0.05) is 18.2 Å². The van der Waals surface area contributed by atoms with Crippen LogP contribution in [0.25, 0.3) is 0 Å². The summed E-state index contributed by atoms with van der Waals surface area (Å²) in [6.45, 7) is 4.34. The molecule has 1 aromatic carbocycles. The Bertz CT molecular complexity index is 574. The van der Waals surface area contributed by atoms with Crippen molar-refractivity contribution in [2.75, 3.05) is 26.2 Å². The second-order valence-corrected chi connectivity index (χ2v) is 6.87. The summed E-state index contributed by atoms with van der Waals surface area (Å²) in [5, 5.41) is 3.22. The van der Waals surface area contributed by atoms with Gasteiger partial charge in [0.05, 0.1) is 4.90 Å². The lowest BCUT2D eigenvalue weighted by Gasteiger charge is -2.34. The standard InChI is InChI=1S/C14H21N3O3S/c1-12-11-15-9-10-17(12)14(18)7-8-16-21(19,20)13-5-3-2-4-6-13/h2-6,12,15-16H,7-11H2,1H3. The summed E-state index contributed by atoms with van der Waals surface area (Å²) in [4.78, 5) is 14.1. The second-order valence-electron chi connectivity index (χ2n) is 5.10. The zero-order valence-electron chi connectivity index (χ0n) is 12.1. The number of nitrogens with one attached hydrogen (secondary N) is 2. The molecule has 0 radical (unpaired) electrons. The molecule has 7 heteroatoms. The minimum absolute atomic E-state index is 0.0141. The average molecular weight is 311 g/mol. The maximum atomic E-state index is 12.1. The van der Waals surface area contributed by atoms with Crippen LogP contribution in [0.3, 0.4) is 0 Å². The van der Waals surface area contributed by atoms with Crippen molar-refractivity contribution in [2.45, 2.75) is 24.3 Å². The Kier molecular flexibility index (Phi) is 5.33. The van der Waals surface area contributed by atoms with Crippen LogP contribution in [-0.4, -0.2) is 51.4 Å². The fraction of sp³-hybridized carbons (Fsp3) is 0.500. The number of rotatable bonds is 5. The lowest BCUT2D eigenvalue weighted by Crippen LogP contribution is -2.52. The number of hydrogen-bond acceptors (Lipinski definition) is 4. The molecule has 0 spiro atoms. The van der Waals surface area contributed by atoms with Gasteiger partial charge < -0.3 is 10.2 Å². The lowest BCUT2D eigenvalue weighted by atomic mass is 10.2. The molecule has 2 rings (SSSR count). The van der Waals surface area contributed by atoms with Crippen molar-refractivity contribution in [2.24, 2.45) is 0 Å². The number of carbonyl (C=O) groups excluding carboxylic acids is 1. The Morgan fingerprint density at radius 2 is 2.10 bits per heavy atom. The molecule has 1 heterocycles. The molecule has 1 saturated heterocycles. The van der Waals surface area contributed by atoms with Gasteiger partial charge in [0.15, 0.2) is 0 Å². The normalized spacial score (nSPS) is 19.5. The first-order chi connectivity index (χ1) is 10.0. The predicted molar refractivity (Wildman–Crippen MR) is 80.3 cm³/mol. The molecule has 1 aliphatic rings. The van der Waals surface area contributed by atoms with Crippen LogP contribution in [0, 0.1) is 0 Å². The zero-order chi connectivity index (χ0) is 15.3. The molecule has 0 bridgehead atoms. The molecule has 1 amide bonds. The third-order valence-electron chi connectivity index (χ3n) is 3.51. The van der Waals surface area contributed by atoms with Crippen LogP contribution in [0.5, 0.6) is 0 Å². The van der Waals surface area contributed by atoms with E-state index in [1.165, 1.54) is 12.1 Å². The van der Waals surface area contributed by atoms with Gasteiger partial charge in [-0.3, -0.25) is 4.79 Å². The monoisotopic (exact) mass is 311 g/mol. The molecule has 0 aliphatic carbocycles. The summed E-state index contributed by atoms with van der Waals surface area (Å²) in [6.07, 6.45) is 0.177. The highest BCUT2D eigenvalue weighted by Gasteiger charge is 2.23. The highest BCUT2D eigenvalue weighted by Crippen LogP contribution is 2.08. The van der Waals surface area contributed by atoms with Crippen molar-refractivity contribution in [1.82, 2.24) is 14.9 Å². The number of carbonyl (C=O) groups is 1. The molecule has 1 aliphatic heterocycles. The fourth-order valence-electron chi connectivity index (χ4n) is 2.33. The van der Waals surface area contributed by atoms with E-state index in [4.69, 9.17) is 0 Å². The van der Waals surface area contributed by atoms with E-state index in [0.29, 0.717) is 6.54 Å². The third kappa shape index (κ3) is 4.26. The fourth-order valence-corrected chi connectivity index (χ4v) is 3.38. The number of hydrogen-bond donors (Lipinski definition) is 2. The van der Waals surface area contributed by atoms with E-state index >= 15 is 0 Å². The largest absolute Gasteiger partial charge is 0.337 e. The van der Waals surface area contributed by atoms with Crippen LogP contribution in [0.1, 0.15) is 13.3 Å². The van der Waals surface area contributed by atoms with Gasteiger partial charge >= 0.3 is 0 Å². The maximum Gasteiger partial charge on any atom is 0.240 e. The predicted octanol–water partition coefficient (Wildman–Crippen LogP) is 0.175. The zero-order valence-corrected chi connectivity index (χ0v) is 12.9. The van der Waals surface area contributed by atoms with Crippen LogP contribution < -0.4 is 10.0 Å². The van der Waals surface area contributed by atoms with Crippen molar-refractivity contribution in [3.8, 4) is 0 Å². The Labute approximate surface area is 125 Å². The van der Waals surface area contributed by atoms with Crippen LogP contribution in [-0.2, 0) is 14.8 Å². The van der Waals surface area contributed by atoms with Crippen LogP contribution >= 0.6 is 0 Å². The van der Waals surface area contributed by atoms with Crippen molar-refractivity contribution < 1.29 is 13.2 Å². The molecule has 21 heavy (non-hydrogen) atoms. The molecule has 1 unspecified atom stereocenters. The van der Waals surface area contributed by atoms with Gasteiger partial charge in [0.1, 0.15) is 0 Å². The molecular weight excluding hydrogens is 290 g/mol. The molecule has 2 N–H and O–H groups in total. The number of nitrogens with zero attached hydrogens (tertiary/aromatic N) is 1. The molecule has 1 fully saturated rings. The number of amides is 1. The molecule has 6 nitrogen and oxygen atoms in total. The van der Waals surface area contributed by atoms with Gasteiger partial charge in [0, 0.05) is 38.6 Å². The number of piperazine rings is 1. The van der Waals surface area contributed by atoms with Crippen LogP contribution in [0.2, 0.25) is 0 Å². The van der Waals surface area contributed by atoms with Crippen molar-refractivity contribution in [1.29, 1.82) is 0 Å². The Morgan fingerprint density at radius 1 is 1.38 bits per heavy atom. The van der Waals surface area contributed by atoms with E-state index in [1.54, 1.807) is 23.1 Å². The number of benzene rings is 1. The van der Waals surface area contributed by atoms with Gasteiger partial charge in [0.2, 0.25) is 15.9 Å². The highest BCUT2D eigenvalue weighted by atomic mass is 32.2. The minimum Gasteiger partial charge on any atom is -0.337 e. The summed E-state index contributed by atoms with van der Waals surface area (Å²) >= 11 is 0. The van der Waals surface area contributed by atoms with E-state index in [1.807, 2.05) is 6.92 Å². The third-order valence-corrected chi connectivity index (χ3v) is 4.98. The summed E-state index contributed by atoms with van der Waals surface area (Å²) in [6, 6.07) is 8.31. The van der Waals surface area contributed by atoms with Gasteiger partial charge in [-0.15, -0.1) is 0 Å². The summed E-state index contributed by atoms with van der Waals surface area (Å²) in [5.41, 5.74) is 0. The SMILES string of the molecule is CC1CNCCN1C(=O)CCNS(=O)(=O)c1ccccc1. The first-order valence-corrected chi connectivity index (χ1v) is 8.54. The van der Waals surface area contributed by atoms with Gasteiger partial charge in [-0.25, -0.2) is 13.1 Å². The van der Waals surface area contributed by atoms with E-state index < -0.39 is 10.0 Å². The molecule has 116 valence electrons. The first kappa shape index (κ1) is 15.9. The quantitative estimate of drug-likeness (QED) is 0.813. The molecular formula is C14H21N3O3S. The highest BCUT2D eigenvalue weighted by molar-refractivity contribution is 7.89. The van der Waals surface area contributed by atoms with Crippen molar-refractivity contribution in [3.05, 3.63) is 30.3 Å². The van der Waals surface area contributed by atoms with Gasteiger partial charge in [-0.2, -0.15) is 0 Å². The van der Waals surface area contributed by atoms with Gasteiger partial charge in [-0.05, 0) is 19.1 Å². The maximum absolute atomic E-state index is 12.1. The average Bonchev–Trinajstić information content (AvgIpc) is 2.48. The second kappa shape index (κ2) is 7.02. The van der Waals surface area contributed by atoms with Crippen LogP contribution in [0.15, 0.2) is 35.2 Å². The first-order valence-electron chi connectivity index (χ1n) is 7.05. The summed E-state index contributed by atoms with van der Waals surface area (Å²) < 4.78 is 26.5. The molecule has 0 aromatic heterocycles. The van der Waals surface area contributed by atoms with E-state index in [0.717, 1.165) is 13.1 Å². The lowest BCUT2D eigenvalue weighted by molar-refractivity contribution is -0.133. The van der Waals surface area contributed by atoms with E-state index in [2.05, 4.69) is 10.0 Å². The minimum atomic E-state index is -3.53. The Morgan fingerprint density at radius 3 is 2.76 bits per heavy atom. The number of sulfonamides is 1. The summed E-state index contributed by atoms with van der Waals surface area (Å²) in [5.74, 6) is -0.0141.